The van der Waals surface area contributed by atoms with Gasteiger partial charge in [-0.05, 0) is 6.42 Å². The first-order chi connectivity index (χ1) is 7.26. The Bertz CT molecular complexity index is 254. The number of amides is 1. The van der Waals surface area contributed by atoms with Crippen molar-refractivity contribution < 1.29 is 32.6 Å². The first-order valence-corrected chi connectivity index (χ1v) is 4.49. The zero-order valence-corrected chi connectivity index (χ0v) is 8.50. The summed E-state index contributed by atoms with van der Waals surface area (Å²) in [5, 5.41) is 10.4. The molecule has 0 saturated heterocycles. The van der Waals surface area contributed by atoms with Gasteiger partial charge >= 0.3 is 18.2 Å². The fourth-order valence-electron chi connectivity index (χ4n) is 0.877. The van der Waals surface area contributed by atoms with E-state index in [2.05, 4.69) is 4.74 Å². The highest BCUT2D eigenvalue weighted by Crippen LogP contribution is 2.14. The van der Waals surface area contributed by atoms with Gasteiger partial charge in [0.05, 0.1) is 0 Å². The lowest BCUT2D eigenvalue weighted by atomic mass is 10.2. The number of rotatable bonds is 5. The first kappa shape index (κ1) is 14.5. The van der Waals surface area contributed by atoms with E-state index in [1.165, 1.54) is 0 Å². The number of alkyl halides is 3. The number of carboxylic acids is 1. The second-order valence-electron chi connectivity index (χ2n) is 3.02. The predicted molar refractivity (Wildman–Crippen MR) is 46.9 cm³/mol. The van der Waals surface area contributed by atoms with E-state index in [9.17, 15) is 22.8 Å². The van der Waals surface area contributed by atoms with Gasteiger partial charge in [0.2, 0.25) is 0 Å². The smallest absolute Gasteiger partial charge is 0.422 e. The summed E-state index contributed by atoms with van der Waals surface area (Å²) in [4.78, 5) is 21.3. The minimum absolute atomic E-state index is 0.121. The van der Waals surface area contributed by atoms with Crippen molar-refractivity contribution in [2.45, 2.75) is 32.0 Å². The molecule has 2 N–H and O–H groups in total. The van der Waals surface area contributed by atoms with Gasteiger partial charge in [0.1, 0.15) is 6.04 Å². The number of carboxylic acid groups (broad SMARTS) is 1. The molecule has 1 unspecified atom stereocenters. The number of carbonyl (C=O) groups is 2. The summed E-state index contributed by atoms with van der Waals surface area (Å²) in [6.07, 6.45) is -5.42. The average molecular weight is 243 g/mol. The van der Waals surface area contributed by atoms with Gasteiger partial charge in [0.15, 0.2) is 6.61 Å². The largest absolute Gasteiger partial charge is 0.480 e. The standard InChI is InChI=1S/C8H12F3NO4/c1-2-3-5(6(13)14)12-7(15)16-4-8(9,10)11/h5H,2-4H2,1H3,(H,12,15)(H,13,14). The molecule has 0 aliphatic carbocycles. The van der Waals surface area contributed by atoms with Crippen LogP contribution in [0.3, 0.4) is 0 Å². The molecule has 1 atom stereocenters. The molecule has 0 aromatic heterocycles. The van der Waals surface area contributed by atoms with E-state index >= 15 is 0 Å². The Morgan fingerprint density at radius 3 is 2.38 bits per heavy atom. The molecule has 1 amide bonds. The van der Waals surface area contributed by atoms with Gasteiger partial charge in [0.25, 0.3) is 0 Å². The fraction of sp³-hybridized carbons (Fsp3) is 0.750. The van der Waals surface area contributed by atoms with Crippen LogP contribution in [0.5, 0.6) is 0 Å². The Morgan fingerprint density at radius 2 is 2.00 bits per heavy atom. The normalized spacial score (nSPS) is 13.0. The van der Waals surface area contributed by atoms with E-state index in [-0.39, 0.29) is 6.42 Å². The van der Waals surface area contributed by atoms with Crippen LogP contribution in [0.2, 0.25) is 0 Å². The molecule has 5 nitrogen and oxygen atoms in total. The molecular weight excluding hydrogens is 231 g/mol. The topological polar surface area (TPSA) is 75.6 Å². The van der Waals surface area contributed by atoms with Crippen molar-refractivity contribution in [2.24, 2.45) is 0 Å². The van der Waals surface area contributed by atoms with Crippen molar-refractivity contribution in [3.63, 3.8) is 0 Å². The van der Waals surface area contributed by atoms with Gasteiger partial charge in [-0.3, -0.25) is 0 Å². The van der Waals surface area contributed by atoms with Gasteiger partial charge < -0.3 is 15.2 Å². The Kier molecular flexibility index (Phi) is 5.62. The minimum atomic E-state index is -4.62. The van der Waals surface area contributed by atoms with Crippen LogP contribution < -0.4 is 5.32 Å². The number of aliphatic carboxylic acids is 1. The highest BCUT2D eigenvalue weighted by molar-refractivity contribution is 5.79. The van der Waals surface area contributed by atoms with Crippen LogP contribution in [0.4, 0.5) is 18.0 Å². The van der Waals surface area contributed by atoms with E-state index in [4.69, 9.17) is 5.11 Å². The summed E-state index contributed by atoms with van der Waals surface area (Å²) < 4.78 is 38.7. The highest BCUT2D eigenvalue weighted by atomic mass is 19.4. The molecule has 0 aliphatic heterocycles. The lowest BCUT2D eigenvalue weighted by Gasteiger charge is -2.14. The summed E-state index contributed by atoms with van der Waals surface area (Å²) in [6, 6.07) is -1.23. The number of hydrogen-bond acceptors (Lipinski definition) is 3. The minimum Gasteiger partial charge on any atom is -0.480 e. The number of carbonyl (C=O) groups excluding carboxylic acids is 1. The quantitative estimate of drug-likeness (QED) is 0.767. The van der Waals surface area contributed by atoms with E-state index < -0.39 is 30.9 Å². The van der Waals surface area contributed by atoms with Crippen molar-refractivity contribution in [3.05, 3.63) is 0 Å². The molecule has 0 saturated carbocycles. The van der Waals surface area contributed by atoms with E-state index in [0.29, 0.717) is 6.42 Å². The molecule has 8 heteroatoms. The number of nitrogens with one attached hydrogen (secondary N) is 1. The maximum absolute atomic E-state index is 11.6. The number of ether oxygens (including phenoxy) is 1. The molecule has 0 radical (unpaired) electrons. The Labute approximate surface area is 89.6 Å². The van der Waals surface area contributed by atoms with Crippen LogP contribution in [0.25, 0.3) is 0 Å². The van der Waals surface area contributed by atoms with Crippen molar-refractivity contribution in [1.82, 2.24) is 5.32 Å². The second-order valence-corrected chi connectivity index (χ2v) is 3.02. The summed E-state index contributed by atoms with van der Waals surface area (Å²) in [7, 11) is 0. The highest BCUT2D eigenvalue weighted by Gasteiger charge is 2.30. The Morgan fingerprint density at radius 1 is 1.44 bits per heavy atom. The zero-order valence-electron chi connectivity index (χ0n) is 8.50. The molecule has 0 aliphatic rings. The molecule has 0 aromatic rings. The lowest BCUT2D eigenvalue weighted by Crippen LogP contribution is -2.41. The second kappa shape index (κ2) is 6.19. The Hall–Kier alpha value is -1.47. The molecule has 0 rings (SSSR count). The van der Waals surface area contributed by atoms with Gasteiger partial charge in [-0.15, -0.1) is 0 Å². The maximum Gasteiger partial charge on any atom is 0.422 e. The van der Waals surface area contributed by atoms with E-state index in [0.717, 1.165) is 0 Å². The third-order valence-corrected chi connectivity index (χ3v) is 1.53. The molecule has 0 spiro atoms. The first-order valence-electron chi connectivity index (χ1n) is 4.49. The van der Waals surface area contributed by atoms with Crippen molar-refractivity contribution in [2.75, 3.05) is 6.61 Å². The molecular formula is C8H12F3NO4. The SMILES string of the molecule is CCCC(NC(=O)OCC(F)(F)F)C(=O)O. The summed E-state index contributed by atoms with van der Waals surface area (Å²) >= 11 is 0. The monoisotopic (exact) mass is 243 g/mol. The summed E-state index contributed by atoms with van der Waals surface area (Å²) in [6.45, 7) is -0.0596. The van der Waals surface area contributed by atoms with Gasteiger partial charge in [0, 0.05) is 0 Å². The van der Waals surface area contributed by atoms with Gasteiger partial charge in [-0.1, -0.05) is 13.3 Å². The molecule has 0 fully saturated rings. The van der Waals surface area contributed by atoms with Crippen molar-refractivity contribution in [3.8, 4) is 0 Å². The van der Waals surface area contributed by atoms with E-state index in [1.54, 1.807) is 6.92 Å². The number of alkyl carbamates (subject to hydrolysis) is 1. The van der Waals surface area contributed by atoms with Crippen LogP contribution in [0.1, 0.15) is 19.8 Å². The van der Waals surface area contributed by atoms with Crippen LogP contribution >= 0.6 is 0 Å². The van der Waals surface area contributed by atoms with Crippen molar-refractivity contribution >= 4 is 12.1 Å². The summed E-state index contributed by atoms with van der Waals surface area (Å²) in [5.41, 5.74) is 0. The Balaban J connectivity index is 4.05. The predicted octanol–water partition coefficient (Wildman–Crippen LogP) is 1.53. The van der Waals surface area contributed by atoms with Crippen LogP contribution in [-0.4, -0.2) is 36.0 Å². The molecule has 0 heterocycles. The maximum atomic E-state index is 11.6. The molecule has 16 heavy (non-hydrogen) atoms. The van der Waals surface area contributed by atoms with Crippen LogP contribution in [0, 0.1) is 0 Å². The molecule has 94 valence electrons. The average Bonchev–Trinajstić information content (AvgIpc) is 2.13. The third-order valence-electron chi connectivity index (χ3n) is 1.53. The third kappa shape index (κ3) is 6.91. The van der Waals surface area contributed by atoms with Crippen molar-refractivity contribution in [1.29, 1.82) is 0 Å². The number of hydrogen-bond donors (Lipinski definition) is 2. The fourth-order valence-corrected chi connectivity index (χ4v) is 0.877. The molecule has 0 bridgehead atoms. The zero-order chi connectivity index (χ0) is 12.8. The van der Waals surface area contributed by atoms with Gasteiger partial charge in [-0.2, -0.15) is 13.2 Å². The number of halogens is 3. The lowest BCUT2D eigenvalue weighted by molar-refractivity contribution is -0.160. The summed E-state index contributed by atoms with van der Waals surface area (Å²) in [5.74, 6) is -1.31. The van der Waals surface area contributed by atoms with E-state index in [1.807, 2.05) is 5.32 Å². The van der Waals surface area contributed by atoms with Crippen LogP contribution in [0.15, 0.2) is 0 Å². The van der Waals surface area contributed by atoms with Gasteiger partial charge in [-0.25, -0.2) is 9.59 Å². The van der Waals surface area contributed by atoms with Crippen LogP contribution in [-0.2, 0) is 9.53 Å². The molecule has 0 aromatic carbocycles.